The fourth-order valence-electron chi connectivity index (χ4n) is 8.90. The molecular weight excluding hydrogens is 436 g/mol. The minimum Gasteiger partial charge on any atom is -0.463 e. The van der Waals surface area contributed by atoms with Crippen molar-refractivity contribution in [3.8, 4) is 11.8 Å². The maximum Gasteiger partial charge on any atom is 0.304 e. The zero-order valence-corrected chi connectivity index (χ0v) is 21.8. The molecule has 35 heavy (non-hydrogen) atoms. The molecule has 0 saturated heterocycles. The third-order valence-electron chi connectivity index (χ3n) is 10.6. The second-order valence-corrected chi connectivity index (χ2v) is 12.2. The zero-order chi connectivity index (χ0) is 24.8. The third-order valence-corrected chi connectivity index (χ3v) is 10.6. The molecule has 0 unspecified atom stereocenters. The van der Waals surface area contributed by atoms with E-state index in [1.165, 1.54) is 33.1 Å². The van der Waals surface area contributed by atoms with Gasteiger partial charge in [-0.1, -0.05) is 38.0 Å². The van der Waals surface area contributed by atoms with Gasteiger partial charge in [0.15, 0.2) is 5.60 Å². The maximum atomic E-state index is 12.3. The van der Waals surface area contributed by atoms with Crippen LogP contribution in [0.3, 0.4) is 0 Å². The van der Waals surface area contributed by atoms with E-state index >= 15 is 0 Å². The predicted octanol–water partition coefficient (Wildman–Crippen LogP) is 6.31. The second-order valence-electron chi connectivity index (χ2n) is 12.2. The van der Waals surface area contributed by atoms with Gasteiger partial charge in [0.25, 0.3) is 0 Å². The molecule has 4 saturated carbocycles. The summed E-state index contributed by atoms with van der Waals surface area (Å²) >= 11 is 0. The summed E-state index contributed by atoms with van der Waals surface area (Å²) in [5, 5.41) is 0. The monoisotopic (exact) mass is 476 g/mol. The van der Waals surface area contributed by atoms with E-state index in [1.54, 1.807) is 0 Å². The first-order chi connectivity index (χ1) is 16.7. The van der Waals surface area contributed by atoms with Gasteiger partial charge in [0.05, 0.1) is 0 Å². The molecule has 0 amide bonds. The molecule has 4 aliphatic rings. The van der Waals surface area contributed by atoms with Crippen molar-refractivity contribution in [2.75, 3.05) is 0 Å². The first kappa shape index (κ1) is 24.4. The van der Waals surface area contributed by atoms with E-state index in [2.05, 4.69) is 25.7 Å². The molecule has 4 aliphatic carbocycles. The Morgan fingerprint density at radius 2 is 1.63 bits per heavy atom. The van der Waals surface area contributed by atoms with Gasteiger partial charge < -0.3 is 9.47 Å². The van der Waals surface area contributed by atoms with Gasteiger partial charge in [0, 0.05) is 24.8 Å². The number of rotatable bonds is 2. The van der Waals surface area contributed by atoms with Crippen molar-refractivity contribution < 1.29 is 19.1 Å². The Balaban J connectivity index is 1.42. The van der Waals surface area contributed by atoms with Gasteiger partial charge in [-0.05, 0) is 105 Å². The van der Waals surface area contributed by atoms with Crippen LogP contribution in [0.25, 0.3) is 0 Å². The highest BCUT2D eigenvalue weighted by Crippen LogP contribution is 2.69. The first-order valence-corrected chi connectivity index (χ1v) is 13.6. The lowest BCUT2D eigenvalue weighted by Crippen LogP contribution is -2.57. The van der Waals surface area contributed by atoms with Crippen molar-refractivity contribution >= 4 is 11.9 Å². The van der Waals surface area contributed by atoms with Crippen LogP contribution in [-0.2, 0) is 19.1 Å². The number of hydrogen-bond acceptors (Lipinski definition) is 4. The van der Waals surface area contributed by atoms with Crippen LogP contribution in [0.5, 0.6) is 0 Å². The highest BCUT2D eigenvalue weighted by atomic mass is 16.6. The molecule has 4 fully saturated rings. The maximum absolute atomic E-state index is 12.3. The van der Waals surface area contributed by atoms with Crippen LogP contribution in [-0.4, -0.2) is 23.6 Å². The molecule has 0 bridgehead atoms. The lowest BCUT2D eigenvalue weighted by atomic mass is 9.44. The molecule has 5 rings (SSSR count). The lowest BCUT2D eigenvalue weighted by Gasteiger charge is -2.61. The van der Waals surface area contributed by atoms with Crippen molar-refractivity contribution in [1.29, 1.82) is 0 Å². The Morgan fingerprint density at radius 3 is 2.34 bits per heavy atom. The molecule has 0 spiro atoms. The van der Waals surface area contributed by atoms with E-state index in [0.717, 1.165) is 44.1 Å². The number of hydrogen-bond donors (Lipinski definition) is 0. The van der Waals surface area contributed by atoms with E-state index in [1.807, 2.05) is 30.3 Å². The molecule has 0 aliphatic heterocycles. The highest BCUT2D eigenvalue weighted by Gasteiger charge is 2.66. The fraction of sp³-hybridized carbons (Fsp3) is 0.677. The third kappa shape index (κ3) is 4.09. The van der Waals surface area contributed by atoms with Crippen molar-refractivity contribution in [3.63, 3.8) is 0 Å². The number of benzene rings is 1. The van der Waals surface area contributed by atoms with E-state index in [9.17, 15) is 9.59 Å². The molecule has 1 aromatic carbocycles. The smallest absolute Gasteiger partial charge is 0.304 e. The molecule has 4 nitrogen and oxygen atoms in total. The normalized spacial score (nSPS) is 41.9. The van der Waals surface area contributed by atoms with Crippen molar-refractivity contribution in [1.82, 2.24) is 0 Å². The number of carbonyl (C=O) groups excluding carboxylic acids is 2. The molecule has 0 aromatic heterocycles. The Morgan fingerprint density at radius 1 is 0.886 bits per heavy atom. The summed E-state index contributed by atoms with van der Waals surface area (Å²) in [7, 11) is 0. The van der Waals surface area contributed by atoms with Crippen LogP contribution in [0.4, 0.5) is 0 Å². The van der Waals surface area contributed by atoms with Gasteiger partial charge in [-0.25, -0.2) is 0 Å². The Bertz CT molecular complexity index is 1040. The summed E-state index contributed by atoms with van der Waals surface area (Å²) in [6.45, 7) is 7.94. The fourth-order valence-corrected chi connectivity index (χ4v) is 8.90. The molecule has 0 heterocycles. The van der Waals surface area contributed by atoms with E-state index in [-0.39, 0.29) is 23.5 Å². The average molecular weight is 477 g/mol. The zero-order valence-electron chi connectivity index (χ0n) is 21.8. The minimum absolute atomic E-state index is 0.0901. The van der Waals surface area contributed by atoms with E-state index in [0.29, 0.717) is 29.1 Å². The summed E-state index contributed by atoms with van der Waals surface area (Å²) in [4.78, 5) is 23.9. The number of carbonyl (C=O) groups is 2. The largest absolute Gasteiger partial charge is 0.463 e. The van der Waals surface area contributed by atoms with Crippen LogP contribution in [0, 0.1) is 46.3 Å². The van der Waals surface area contributed by atoms with Gasteiger partial charge in [-0.15, -0.1) is 0 Å². The van der Waals surface area contributed by atoms with Gasteiger partial charge in [0.2, 0.25) is 0 Å². The Hall–Kier alpha value is -2.28. The number of esters is 2. The molecular formula is C31H40O4. The predicted molar refractivity (Wildman–Crippen MR) is 135 cm³/mol. The van der Waals surface area contributed by atoms with E-state index in [4.69, 9.17) is 9.47 Å². The average Bonchev–Trinajstić information content (AvgIpc) is 3.10. The first-order valence-electron chi connectivity index (χ1n) is 13.6. The SMILES string of the molecule is CC(=O)O[C@@H]1CC[C@@]2(C)[C@H](CC[C@@H]3[C@@H]2CC[C@@]2(C)[C@H]3CC[C@@]2(C#Cc2ccccc2)OC(C)=O)C1. The summed E-state index contributed by atoms with van der Waals surface area (Å²) < 4.78 is 11.8. The summed E-state index contributed by atoms with van der Waals surface area (Å²) in [6.07, 6.45) is 9.77. The van der Waals surface area contributed by atoms with Crippen molar-refractivity contribution in [2.24, 2.45) is 34.5 Å². The van der Waals surface area contributed by atoms with Crippen LogP contribution < -0.4 is 0 Å². The Kier molecular flexibility index (Phi) is 6.27. The lowest BCUT2D eigenvalue weighted by molar-refractivity contribution is -0.178. The molecule has 1 aromatic rings. The van der Waals surface area contributed by atoms with Crippen LogP contribution >= 0.6 is 0 Å². The summed E-state index contributed by atoms with van der Waals surface area (Å²) in [6, 6.07) is 10.0. The van der Waals surface area contributed by atoms with Gasteiger partial charge in [0.1, 0.15) is 6.10 Å². The van der Waals surface area contributed by atoms with E-state index < -0.39 is 5.60 Å². The summed E-state index contributed by atoms with van der Waals surface area (Å²) in [5.41, 5.74) is 0.440. The molecule has 8 atom stereocenters. The van der Waals surface area contributed by atoms with Crippen LogP contribution in [0.15, 0.2) is 30.3 Å². The van der Waals surface area contributed by atoms with Gasteiger partial charge in [-0.2, -0.15) is 0 Å². The standard InChI is InChI=1S/C31H40O4/c1-21(32)34-25-13-16-29(3)24(20-25)10-11-26-27(29)14-17-30(4)28(26)15-19-31(30,35-22(2)33)18-12-23-8-6-5-7-9-23/h5-9,24-28H,10-11,13-17,19-20H2,1-4H3/t24-,25-,26-,27+,28+,29+,30+,31-/m1/s1. The minimum atomic E-state index is -0.713. The van der Waals surface area contributed by atoms with Gasteiger partial charge >= 0.3 is 11.9 Å². The van der Waals surface area contributed by atoms with Crippen LogP contribution in [0.2, 0.25) is 0 Å². The number of ether oxygens (including phenoxy) is 2. The number of fused-ring (bicyclic) bond motifs is 5. The topological polar surface area (TPSA) is 52.6 Å². The second kappa shape index (κ2) is 8.99. The van der Waals surface area contributed by atoms with Gasteiger partial charge in [-0.3, -0.25) is 9.59 Å². The van der Waals surface area contributed by atoms with Crippen molar-refractivity contribution in [2.45, 2.75) is 97.2 Å². The molecule has 0 N–H and O–H groups in total. The quantitative estimate of drug-likeness (QED) is 0.370. The molecule has 4 heteroatoms. The molecule has 0 radical (unpaired) electrons. The Labute approximate surface area is 210 Å². The van der Waals surface area contributed by atoms with Crippen molar-refractivity contribution in [3.05, 3.63) is 35.9 Å². The van der Waals surface area contributed by atoms with Crippen LogP contribution in [0.1, 0.15) is 91.0 Å². The highest BCUT2D eigenvalue weighted by molar-refractivity contribution is 5.67. The summed E-state index contributed by atoms with van der Waals surface area (Å²) in [5.74, 6) is 9.01. The molecule has 188 valence electrons.